The zero-order valence-corrected chi connectivity index (χ0v) is 12.8. The Bertz CT molecular complexity index is 690. The molecular weight excluding hydrogens is 264 g/mol. The molecule has 0 bridgehead atoms. The molecule has 1 aromatic carbocycles. The van der Waals surface area contributed by atoms with Crippen LogP contribution >= 0.6 is 0 Å². The molecule has 0 unspecified atom stereocenters. The summed E-state index contributed by atoms with van der Waals surface area (Å²) in [4.78, 5) is 14.7. The highest BCUT2D eigenvalue weighted by atomic mass is 16.1. The second kappa shape index (κ2) is 5.41. The summed E-state index contributed by atoms with van der Waals surface area (Å²) < 4.78 is 2.04. The van der Waals surface area contributed by atoms with E-state index in [9.17, 15) is 4.79 Å². The molecule has 0 N–H and O–H groups in total. The van der Waals surface area contributed by atoms with Crippen molar-refractivity contribution in [3.05, 3.63) is 46.5 Å². The van der Waals surface area contributed by atoms with E-state index in [1.807, 2.05) is 17.6 Å². The van der Waals surface area contributed by atoms with Gasteiger partial charge in [-0.05, 0) is 43.5 Å². The molecule has 0 fully saturated rings. The Hall–Kier alpha value is -2.01. The van der Waals surface area contributed by atoms with Crippen molar-refractivity contribution in [2.75, 3.05) is 13.1 Å². The summed E-state index contributed by atoms with van der Waals surface area (Å²) in [6.07, 6.45) is 1.75. The largest absolute Gasteiger partial charge is 0.315 e. The van der Waals surface area contributed by atoms with Gasteiger partial charge in [0.05, 0.1) is 13.1 Å². The summed E-state index contributed by atoms with van der Waals surface area (Å²) in [5, 5.41) is 8.00. The Labute approximate surface area is 124 Å². The molecule has 0 aliphatic carbocycles. The maximum absolute atomic E-state index is 12.6. The van der Waals surface area contributed by atoms with Crippen LogP contribution in [0.15, 0.2) is 18.5 Å². The zero-order valence-electron chi connectivity index (χ0n) is 12.8. The fraction of sp³-hybridized carbons (Fsp3) is 0.438. The second-order valence-electron chi connectivity index (χ2n) is 5.83. The van der Waals surface area contributed by atoms with Gasteiger partial charge in [-0.1, -0.05) is 6.07 Å². The molecule has 0 saturated carbocycles. The number of hydrogen-bond acceptors (Lipinski definition) is 4. The first-order valence-electron chi connectivity index (χ1n) is 7.24. The molecule has 110 valence electrons. The van der Waals surface area contributed by atoms with Crippen LogP contribution in [-0.2, 0) is 13.1 Å². The number of nitrogens with zero attached hydrogens (tertiary/aromatic N) is 4. The molecule has 0 atom stereocenters. The third kappa shape index (κ3) is 2.74. The number of aromatic nitrogens is 3. The zero-order chi connectivity index (χ0) is 15.0. The molecule has 0 radical (unpaired) electrons. The van der Waals surface area contributed by atoms with Crippen LogP contribution in [-0.4, -0.2) is 38.5 Å². The van der Waals surface area contributed by atoms with Gasteiger partial charge in [0, 0.05) is 18.7 Å². The molecule has 3 rings (SSSR count). The molecule has 1 aliphatic rings. The van der Waals surface area contributed by atoms with Gasteiger partial charge in [-0.3, -0.25) is 9.69 Å². The van der Waals surface area contributed by atoms with Crippen LogP contribution in [0.2, 0.25) is 0 Å². The van der Waals surface area contributed by atoms with Crippen molar-refractivity contribution in [3.63, 3.8) is 0 Å². The van der Waals surface area contributed by atoms with E-state index < -0.39 is 0 Å². The average molecular weight is 284 g/mol. The van der Waals surface area contributed by atoms with Gasteiger partial charge in [0.15, 0.2) is 5.78 Å². The molecule has 0 saturated heterocycles. The first kappa shape index (κ1) is 13.9. The maximum Gasteiger partial charge on any atom is 0.177 e. The van der Waals surface area contributed by atoms with Gasteiger partial charge >= 0.3 is 0 Å². The van der Waals surface area contributed by atoms with Gasteiger partial charge in [0.25, 0.3) is 0 Å². The SMILES string of the molecule is Cc1cc(C)c(C(=O)CN2CCn3cnnc3C2)cc1C. The van der Waals surface area contributed by atoms with Crippen LogP contribution in [0.1, 0.15) is 32.9 Å². The number of carbonyl (C=O) groups excluding carboxylic acids is 1. The minimum Gasteiger partial charge on any atom is -0.315 e. The topological polar surface area (TPSA) is 51.0 Å². The highest BCUT2D eigenvalue weighted by Crippen LogP contribution is 2.17. The van der Waals surface area contributed by atoms with Crippen molar-refractivity contribution in [1.29, 1.82) is 0 Å². The number of aryl methyl sites for hydroxylation is 3. The highest BCUT2D eigenvalue weighted by Gasteiger charge is 2.21. The Morgan fingerprint density at radius 1 is 1.14 bits per heavy atom. The van der Waals surface area contributed by atoms with Crippen LogP contribution in [0.4, 0.5) is 0 Å². The molecule has 0 amide bonds. The first-order chi connectivity index (χ1) is 10.0. The van der Waals surface area contributed by atoms with Crippen molar-refractivity contribution in [1.82, 2.24) is 19.7 Å². The standard InChI is InChI=1S/C16H20N4O/c1-11-6-13(3)14(7-12(11)2)15(21)8-19-4-5-20-10-17-18-16(20)9-19/h6-7,10H,4-5,8-9H2,1-3H3. The van der Waals surface area contributed by atoms with Crippen LogP contribution in [0, 0.1) is 20.8 Å². The molecule has 1 aliphatic heterocycles. The van der Waals surface area contributed by atoms with Crippen LogP contribution in [0.5, 0.6) is 0 Å². The van der Waals surface area contributed by atoms with E-state index in [4.69, 9.17) is 0 Å². The van der Waals surface area contributed by atoms with E-state index in [0.29, 0.717) is 13.1 Å². The number of benzene rings is 1. The lowest BCUT2D eigenvalue weighted by atomic mass is 9.98. The second-order valence-corrected chi connectivity index (χ2v) is 5.83. The molecule has 1 aromatic heterocycles. The van der Waals surface area contributed by atoms with E-state index in [-0.39, 0.29) is 5.78 Å². The van der Waals surface area contributed by atoms with Crippen molar-refractivity contribution < 1.29 is 4.79 Å². The summed E-state index contributed by atoms with van der Waals surface area (Å²) in [5.41, 5.74) is 4.30. The molecular formula is C16H20N4O. The summed E-state index contributed by atoms with van der Waals surface area (Å²) >= 11 is 0. The molecule has 5 heteroatoms. The highest BCUT2D eigenvalue weighted by molar-refractivity contribution is 5.99. The molecule has 0 spiro atoms. The predicted octanol–water partition coefficient (Wildman–Crippen LogP) is 1.90. The molecule has 2 aromatic rings. The Balaban J connectivity index is 1.74. The number of fused-ring (bicyclic) bond motifs is 1. The van der Waals surface area contributed by atoms with Gasteiger partial charge in [0.2, 0.25) is 0 Å². The average Bonchev–Trinajstić information content (AvgIpc) is 2.90. The Kier molecular flexibility index (Phi) is 3.59. The lowest BCUT2D eigenvalue weighted by Crippen LogP contribution is -2.37. The minimum atomic E-state index is 0.184. The van der Waals surface area contributed by atoms with Crippen molar-refractivity contribution in [3.8, 4) is 0 Å². The molecule has 5 nitrogen and oxygen atoms in total. The summed E-state index contributed by atoms with van der Waals surface area (Å²) in [6.45, 7) is 8.98. The predicted molar refractivity (Wildman–Crippen MR) is 80.3 cm³/mol. The van der Waals surface area contributed by atoms with Crippen LogP contribution in [0.25, 0.3) is 0 Å². The fourth-order valence-corrected chi connectivity index (χ4v) is 2.80. The Morgan fingerprint density at radius 3 is 2.71 bits per heavy atom. The third-order valence-electron chi connectivity index (χ3n) is 4.23. The number of carbonyl (C=O) groups is 1. The normalized spacial score (nSPS) is 15.0. The van der Waals surface area contributed by atoms with Crippen molar-refractivity contribution in [2.45, 2.75) is 33.9 Å². The summed E-state index contributed by atoms with van der Waals surface area (Å²) in [6, 6.07) is 4.11. The van der Waals surface area contributed by atoms with E-state index in [1.54, 1.807) is 6.33 Å². The molecule has 21 heavy (non-hydrogen) atoms. The van der Waals surface area contributed by atoms with Gasteiger partial charge < -0.3 is 4.57 Å². The number of hydrogen-bond donors (Lipinski definition) is 0. The van der Waals surface area contributed by atoms with Gasteiger partial charge in [-0.15, -0.1) is 10.2 Å². The number of ketones is 1. The van der Waals surface area contributed by atoms with E-state index in [0.717, 1.165) is 30.0 Å². The van der Waals surface area contributed by atoms with Crippen molar-refractivity contribution >= 4 is 5.78 Å². The van der Waals surface area contributed by atoms with E-state index >= 15 is 0 Å². The lowest BCUT2D eigenvalue weighted by molar-refractivity contribution is 0.0907. The lowest BCUT2D eigenvalue weighted by Gasteiger charge is -2.26. The monoisotopic (exact) mass is 284 g/mol. The van der Waals surface area contributed by atoms with E-state index in [2.05, 4.69) is 35.0 Å². The molecule has 2 heterocycles. The number of Topliss-reactive ketones (excluding diaryl/α,β-unsaturated/α-hetero) is 1. The van der Waals surface area contributed by atoms with E-state index in [1.165, 1.54) is 11.1 Å². The maximum atomic E-state index is 12.6. The van der Waals surface area contributed by atoms with Crippen LogP contribution in [0.3, 0.4) is 0 Å². The minimum absolute atomic E-state index is 0.184. The van der Waals surface area contributed by atoms with Crippen molar-refractivity contribution in [2.24, 2.45) is 0 Å². The Morgan fingerprint density at radius 2 is 1.90 bits per heavy atom. The van der Waals surface area contributed by atoms with Crippen LogP contribution < -0.4 is 0 Å². The smallest absolute Gasteiger partial charge is 0.177 e. The van der Waals surface area contributed by atoms with Gasteiger partial charge in [0.1, 0.15) is 12.2 Å². The van der Waals surface area contributed by atoms with Gasteiger partial charge in [-0.2, -0.15) is 0 Å². The first-order valence-corrected chi connectivity index (χ1v) is 7.24. The number of rotatable bonds is 3. The summed E-state index contributed by atoms with van der Waals surface area (Å²) in [5.74, 6) is 1.12. The third-order valence-corrected chi connectivity index (χ3v) is 4.23. The fourth-order valence-electron chi connectivity index (χ4n) is 2.80. The quantitative estimate of drug-likeness (QED) is 0.808. The van der Waals surface area contributed by atoms with Gasteiger partial charge in [-0.25, -0.2) is 0 Å². The summed E-state index contributed by atoms with van der Waals surface area (Å²) in [7, 11) is 0.